The minimum absolute atomic E-state index is 0.0192. The summed E-state index contributed by atoms with van der Waals surface area (Å²) in [6, 6.07) is 7.05. The molecule has 0 bridgehead atoms. The summed E-state index contributed by atoms with van der Waals surface area (Å²) in [5.41, 5.74) is 0.623. The Balaban J connectivity index is 2.00. The van der Waals surface area contributed by atoms with E-state index in [-0.39, 0.29) is 23.4 Å². The topological polar surface area (TPSA) is 58.6 Å². The van der Waals surface area contributed by atoms with Gasteiger partial charge >= 0.3 is 0 Å². The van der Waals surface area contributed by atoms with E-state index in [0.717, 1.165) is 11.3 Å². The van der Waals surface area contributed by atoms with Crippen molar-refractivity contribution >= 4 is 23.6 Å². The number of methoxy groups -OCH3 is 1. The summed E-state index contributed by atoms with van der Waals surface area (Å²) in [6.07, 6.45) is 0.295. The molecule has 0 radical (unpaired) electrons. The van der Waals surface area contributed by atoms with Crippen molar-refractivity contribution in [1.29, 1.82) is 0 Å². The molecule has 6 heteroatoms. The van der Waals surface area contributed by atoms with E-state index in [4.69, 9.17) is 4.74 Å². The Morgan fingerprint density at radius 2 is 1.96 bits per heavy atom. The summed E-state index contributed by atoms with van der Waals surface area (Å²) in [4.78, 5) is 26.6. The van der Waals surface area contributed by atoms with Crippen molar-refractivity contribution in [2.24, 2.45) is 0 Å². The molecule has 1 aliphatic rings. The van der Waals surface area contributed by atoms with Crippen molar-refractivity contribution < 1.29 is 14.3 Å². The smallest absolute Gasteiger partial charge is 0.244 e. The molecule has 23 heavy (non-hydrogen) atoms. The van der Waals surface area contributed by atoms with E-state index in [1.165, 1.54) is 0 Å². The number of ether oxygens (including phenoxy) is 1. The SMILES string of the molecule is COc1ccc(CC(=O)N2CSCC2C(=O)NC(C)(C)C)cc1. The highest BCUT2D eigenvalue weighted by molar-refractivity contribution is 7.99. The van der Waals surface area contributed by atoms with E-state index in [9.17, 15) is 9.59 Å². The first kappa shape index (κ1) is 17.7. The average molecular weight is 336 g/mol. The van der Waals surface area contributed by atoms with Crippen molar-refractivity contribution in [1.82, 2.24) is 10.2 Å². The number of thioether (sulfide) groups is 1. The van der Waals surface area contributed by atoms with Gasteiger partial charge in [-0.2, -0.15) is 0 Å². The van der Waals surface area contributed by atoms with Crippen LogP contribution in [0.5, 0.6) is 5.75 Å². The molecular weight excluding hydrogens is 312 g/mol. The Bertz CT molecular complexity index is 566. The highest BCUT2D eigenvalue weighted by Gasteiger charge is 2.35. The molecule has 1 N–H and O–H groups in total. The van der Waals surface area contributed by atoms with Crippen LogP contribution in [0.3, 0.4) is 0 Å². The quantitative estimate of drug-likeness (QED) is 0.914. The molecule has 1 saturated heterocycles. The lowest BCUT2D eigenvalue weighted by atomic mass is 10.1. The van der Waals surface area contributed by atoms with E-state index < -0.39 is 0 Å². The Morgan fingerprint density at radius 1 is 1.30 bits per heavy atom. The Hall–Kier alpha value is -1.69. The zero-order chi connectivity index (χ0) is 17.0. The molecule has 1 aromatic carbocycles. The molecule has 5 nitrogen and oxygen atoms in total. The third-order valence-corrected chi connectivity index (χ3v) is 4.53. The molecule has 1 fully saturated rings. The standard InChI is InChI=1S/C17H24N2O3S/c1-17(2,3)18-16(21)14-10-23-11-19(14)15(20)9-12-5-7-13(22-4)8-6-12/h5-8,14H,9-11H2,1-4H3,(H,18,21). The average Bonchev–Trinajstić information content (AvgIpc) is 2.96. The number of rotatable bonds is 4. The van der Waals surface area contributed by atoms with Crippen LogP contribution >= 0.6 is 11.8 Å². The van der Waals surface area contributed by atoms with Crippen molar-refractivity contribution in [3.8, 4) is 5.75 Å². The number of amides is 2. The molecule has 0 aromatic heterocycles. The molecule has 2 rings (SSSR count). The number of nitrogens with one attached hydrogen (secondary N) is 1. The normalized spacial score (nSPS) is 17.9. The van der Waals surface area contributed by atoms with Gasteiger partial charge in [0.15, 0.2) is 0 Å². The lowest BCUT2D eigenvalue weighted by Crippen LogP contribution is -2.52. The largest absolute Gasteiger partial charge is 0.497 e. The predicted molar refractivity (Wildman–Crippen MR) is 92.6 cm³/mol. The molecule has 1 heterocycles. The van der Waals surface area contributed by atoms with Crippen LogP contribution in [-0.2, 0) is 16.0 Å². The summed E-state index contributed by atoms with van der Waals surface area (Å²) < 4.78 is 5.12. The maximum absolute atomic E-state index is 12.6. The monoisotopic (exact) mass is 336 g/mol. The molecule has 1 aromatic rings. The second-order valence-corrected chi connectivity index (χ2v) is 7.64. The van der Waals surface area contributed by atoms with Crippen molar-refractivity contribution in [2.75, 3.05) is 18.7 Å². The number of carbonyl (C=O) groups excluding carboxylic acids is 2. The summed E-state index contributed by atoms with van der Waals surface area (Å²) in [5.74, 6) is 1.88. The van der Waals surface area contributed by atoms with E-state index in [2.05, 4.69) is 5.32 Å². The van der Waals surface area contributed by atoms with Crippen molar-refractivity contribution in [2.45, 2.75) is 38.8 Å². The van der Waals surface area contributed by atoms with Crippen LogP contribution in [0.15, 0.2) is 24.3 Å². The Kier molecular flexibility index (Phi) is 5.57. The maximum Gasteiger partial charge on any atom is 0.244 e. The van der Waals surface area contributed by atoms with Crippen LogP contribution in [0.25, 0.3) is 0 Å². The summed E-state index contributed by atoms with van der Waals surface area (Å²) >= 11 is 1.61. The summed E-state index contributed by atoms with van der Waals surface area (Å²) in [7, 11) is 1.61. The van der Waals surface area contributed by atoms with Gasteiger partial charge < -0.3 is 15.0 Å². The predicted octanol–water partition coefficient (Wildman–Crippen LogP) is 2.05. The lowest BCUT2D eigenvalue weighted by molar-refractivity contribution is -0.138. The molecule has 2 amide bonds. The highest BCUT2D eigenvalue weighted by atomic mass is 32.2. The van der Waals surface area contributed by atoms with Gasteiger partial charge in [0.1, 0.15) is 11.8 Å². The van der Waals surface area contributed by atoms with Gasteiger partial charge in [0.25, 0.3) is 0 Å². The molecule has 0 saturated carbocycles. The van der Waals surface area contributed by atoms with Gasteiger partial charge in [0, 0.05) is 11.3 Å². The van der Waals surface area contributed by atoms with Crippen molar-refractivity contribution in [3.05, 3.63) is 29.8 Å². The second kappa shape index (κ2) is 7.25. The molecule has 1 atom stereocenters. The fourth-order valence-electron chi connectivity index (χ4n) is 2.38. The fraction of sp³-hybridized carbons (Fsp3) is 0.529. The summed E-state index contributed by atoms with van der Waals surface area (Å²) in [5, 5.41) is 2.96. The minimum Gasteiger partial charge on any atom is -0.497 e. The summed E-state index contributed by atoms with van der Waals surface area (Å²) in [6.45, 7) is 5.82. The third-order valence-electron chi connectivity index (χ3n) is 3.52. The minimum atomic E-state index is -0.384. The van der Waals surface area contributed by atoms with Gasteiger partial charge in [-0.3, -0.25) is 9.59 Å². The molecule has 1 aliphatic heterocycles. The first-order valence-corrected chi connectivity index (χ1v) is 8.78. The number of carbonyl (C=O) groups is 2. The molecule has 126 valence electrons. The molecular formula is C17H24N2O3S. The van der Waals surface area contributed by atoms with Gasteiger partial charge in [0.05, 0.1) is 19.4 Å². The fourth-order valence-corrected chi connectivity index (χ4v) is 3.56. The second-order valence-electron chi connectivity index (χ2n) is 6.64. The molecule has 1 unspecified atom stereocenters. The van der Waals surface area contributed by atoms with Crippen LogP contribution in [0.2, 0.25) is 0 Å². The molecule has 0 spiro atoms. The van der Waals surface area contributed by atoms with Crippen LogP contribution in [0.1, 0.15) is 26.3 Å². The van der Waals surface area contributed by atoms with Gasteiger partial charge in [-0.05, 0) is 38.5 Å². The van der Waals surface area contributed by atoms with Gasteiger partial charge in [-0.25, -0.2) is 0 Å². The van der Waals surface area contributed by atoms with E-state index in [1.54, 1.807) is 23.8 Å². The van der Waals surface area contributed by atoms with Crippen LogP contribution in [-0.4, -0.2) is 47.0 Å². The van der Waals surface area contributed by atoms with E-state index in [0.29, 0.717) is 18.1 Å². The number of nitrogens with zero attached hydrogens (tertiary/aromatic N) is 1. The Labute approximate surface area is 141 Å². The number of benzene rings is 1. The zero-order valence-electron chi connectivity index (χ0n) is 14.1. The van der Waals surface area contributed by atoms with Crippen LogP contribution < -0.4 is 10.1 Å². The van der Waals surface area contributed by atoms with Gasteiger partial charge in [0.2, 0.25) is 11.8 Å². The lowest BCUT2D eigenvalue weighted by Gasteiger charge is -2.27. The number of hydrogen-bond acceptors (Lipinski definition) is 4. The first-order valence-electron chi connectivity index (χ1n) is 7.62. The van der Waals surface area contributed by atoms with Crippen molar-refractivity contribution in [3.63, 3.8) is 0 Å². The number of hydrogen-bond donors (Lipinski definition) is 1. The highest BCUT2D eigenvalue weighted by Crippen LogP contribution is 2.23. The Morgan fingerprint density at radius 3 is 2.52 bits per heavy atom. The maximum atomic E-state index is 12.6. The first-order chi connectivity index (χ1) is 10.8. The van der Waals surface area contributed by atoms with Gasteiger partial charge in [-0.1, -0.05) is 12.1 Å². The van der Waals surface area contributed by atoms with Crippen LogP contribution in [0, 0.1) is 0 Å². The zero-order valence-corrected chi connectivity index (χ0v) is 14.9. The third kappa shape index (κ3) is 4.89. The molecule has 0 aliphatic carbocycles. The van der Waals surface area contributed by atoms with Gasteiger partial charge in [-0.15, -0.1) is 11.8 Å². The van der Waals surface area contributed by atoms with Crippen LogP contribution in [0.4, 0.5) is 0 Å². The van der Waals surface area contributed by atoms with E-state index in [1.807, 2.05) is 45.0 Å². The van der Waals surface area contributed by atoms with E-state index >= 15 is 0 Å².